The van der Waals surface area contributed by atoms with Crippen molar-refractivity contribution in [3.05, 3.63) is 59.0 Å². The third-order valence-corrected chi connectivity index (χ3v) is 7.10. The van der Waals surface area contributed by atoms with E-state index in [0.717, 1.165) is 22.5 Å². The number of aromatic hydroxyl groups is 1. The Morgan fingerprint density at radius 2 is 1.91 bits per heavy atom. The zero-order valence-corrected chi connectivity index (χ0v) is 20.1. The summed E-state index contributed by atoms with van der Waals surface area (Å²) in [5.41, 5.74) is 1.93. The molecule has 0 fully saturated rings. The van der Waals surface area contributed by atoms with E-state index in [1.165, 1.54) is 6.07 Å². The maximum absolute atomic E-state index is 14.1. The summed E-state index contributed by atoms with van der Waals surface area (Å²) in [5.74, 6) is -0.976. The van der Waals surface area contributed by atoms with Crippen LogP contribution in [0.4, 0.5) is 4.39 Å². The number of nitrogens with zero attached hydrogens (tertiary/aromatic N) is 1. The Kier molecular flexibility index (Phi) is 5.36. The Balaban J connectivity index is 2.03. The molecular weight excluding hydrogens is 421 g/mol. The standard InChI is InChI=1S/C27H32FNO4/c1-16-14-17(10-11-18(16)28)29-19-8-7-9-20(30)21(19)22-23(29)26(4,5)15-33-27(22,6)13-12-25(2,3)24(31)32/h7-11,14,30H,12-13,15H2,1-6H3,(H,31,32)/t27-/m1/s1. The Hall–Kier alpha value is -2.86. The quantitative estimate of drug-likeness (QED) is 0.483. The monoisotopic (exact) mass is 453 g/mol. The Morgan fingerprint density at radius 3 is 2.55 bits per heavy atom. The van der Waals surface area contributed by atoms with Gasteiger partial charge in [0.15, 0.2) is 0 Å². The fraction of sp³-hybridized carbons (Fsp3) is 0.444. The van der Waals surface area contributed by atoms with E-state index in [9.17, 15) is 19.4 Å². The summed E-state index contributed by atoms with van der Waals surface area (Å²) in [6, 6.07) is 10.4. The van der Waals surface area contributed by atoms with Gasteiger partial charge in [0.25, 0.3) is 0 Å². The molecule has 176 valence electrons. The molecule has 1 aromatic heterocycles. The number of carbonyl (C=O) groups is 1. The van der Waals surface area contributed by atoms with Crippen molar-refractivity contribution in [2.24, 2.45) is 5.41 Å². The SMILES string of the molecule is Cc1cc(-n2c3c(c4c(O)cccc42)[C@@](C)(CCC(C)(C)C(=O)O)OCC3(C)C)ccc1F. The van der Waals surface area contributed by atoms with E-state index in [2.05, 4.69) is 18.4 Å². The van der Waals surface area contributed by atoms with Crippen molar-refractivity contribution in [3.63, 3.8) is 0 Å². The van der Waals surface area contributed by atoms with E-state index in [-0.39, 0.29) is 11.6 Å². The normalized spacial score (nSPS) is 20.1. The number of benzene rings is 2. The molecule has 0 spiro atoms. The van der Waals surface area contributed by atoms with E-state index in [0.29, 0.717) is 30.4 Å². The zero-order valence-electron chi connectivity index (χ0n) is 20.1. The molecule has 2 heterocycles. The number of aryl methyl sites for hydroxylation is 1. The van der Waals surface area contributed by atoms with Gasteiger partial charge in [0.05, 0.1) is 23.1 Å². The first-order chi connectivity index (χ1) is 15.3. The molecule has 0 aliphatic carbocycles. The number of aliphatic carboxylic acids is 1. The summed E-state index contributed by atoms with van der Waals surface area (Å²) in [6.45, 7) is 11.8. The molecule has 0 saturated carbocycles. The van der Waals surface area contributed by atoms with Gasteiger partial charge in [-0.15, -0.1) is 0 Å². The van der Waals surface area contributed by atoms with Gasteiger partial charge in [0, 0.05) is 27.7 Å². The van der Waals surface area contributed by atoms with Gasteiger partial charge in [0.2, 0.25) is 0 Å². The number of fused-ring (bicyclic) bond motifs is 3. The van der Waals surface area contributed by atoms with E-state index >= 15 is 0 Å². The summed E-state index contributed by atoms with van der Waals surface area (Å²) < 4.78 is 22.6. The van der Waals surface area contributed by atoms with Crippen LogP contribution in [-0.4, -0.2) is 27.4 Å². The van der Waals surface area contributed by atoms with Crippen LogP contribution in [0, 0.1) is 18.2 Å². The molecule has 5 nitrogen and oxygen atoms in total. The molecule has 2 N–H and O–H groups in total. The second kappa shape index (κ2) is 7.59. The van der Waals surface area contributed by atoms with Crippen molar-refractivity contribution in [2.75, 3.05) is 6.61 Å². The minimum atomic E-state index is -0.909. The molecule has 0 bridgehead atoms. The van der Waals surface area contributed by atoms with Gasteiger partial charge in [-0.2, -0.15) is 0 Å². The van der Waals surface area contributed by atoms with Gasteiger partial charge in [-0.25, -0.2) is 4.39 Å². The lowest BCUT2D eigenvalue weighted by atomic mass is 9.74. The van der Waals surface area contributed by atoms with Gasteiger partial charge in [-0.05, 0) is 76.4 Å². The summed E-state index contributed by atoms with van der Waals surface area (Å²) in [4.78, 5) is 11.7. The molecule has 1 atom stereocenters. The topological polar surface area (TPSA) is 71.7 Å². The number of hydrogen-bond donors (Lipinski definition) is 2. The fourth-order valence-electron chi connectivity index (χ4n) is 4.85. The molecule has 0 unspecified atom stereocenters. The number of halogens is 1. The lowest BCUT2D eigenvalue weighted by Gasteiger charge is -2.43. The molecule has 3 aromatic rings. The summed E-state index contributed by atoms with van der Waals surface area (Å²) >= 11 is 0. The van der Waals surface area contributed by atoms with Crippen LogP contribution in [0.3, 0.4) is 0 Å². The Bertz CT molecular complexity index is 1260. The van der Waals surface area contributed by atoms with Crippen LogP contribution in [0.15, 0.2) is 36.4 Å². The molecule has 0 radical (unpaired) electrons. The molecule has 1 aliphatic heterocycles. The predicted molar refractivity (Wildman–Crippen MR) is 127 cm³/mol. The first-order valence-corrected chi connectivity index (χ1v) is 11.3. The minimum Gasteiger partial charge on any atom is -0.507 e. The molecule has 33 heavy (non-hydrogen) atoms. The number of rotatable bonds is 5. The molecule has 0 amide bonds. The third-order valence-electron chi connectivity index (χ3n) is 7.10. The molecule has 1 aliphatic rings. The molecule has 6 heteroatoms. The number of carboxylic acid groups (broad SMARTS) is 1. The van der Waals surface area contributed by atoms with Crippen molar-refractivity contribution in [2.45, 2.75) is 65.4 Å². The van der Waals surface area contributed by atoms with Crippen LogP contribution in [0.1, 0.15) is 64.3 Å². The fourth-order valence-corrected chi connectivity index (χ4v) is 4.85. The van der Waals surface area contributed by atoms with E-state index in [1.807, 2.05) is 19.1 Å². The van der Waals surface area contributed by atoms with Gasteiger partial charge in [-0.3, -0.25) is 4.79 Å². The highest BCUT2D eigenvalue weighted by Gasteiger charge is 2.47. The van der Waals surface area contributed by atoms with Gasteiger partial charge in [0.1, 0.15) is 11.6 Å². The van der Waals surface area contributed by atoms with E-state index in [1.54, 1.807) is 39.0 Å². The van der Waals surface area contributed by atoms with Gasteiger partial charge >= 0.3 is 5.97 Å². The lowest BCUT2D eigenvalue weighted by Crippen LogP contribution is -2.43. The van der Waals surface area contributed by atoms with Crippen molar-refractivity contribution in [1.82, 2.24) is 4.57 Å². The van der Waals surface area contributed by atoms with E-state index < -0.39 is 22.4 Å². The van der Waals surface area contributed by atoms with Gasteiger partial charge in [-0.1, -0.05) is 19.9 Å². The number of carboxylic acids is 1. The molecule has 4 rings (SSSR count). The highest BCUT2D eigenvalue weighted by atomic mass is 19.1. The largest absolute Gasteiger partial charge is 0.507 e. The minimum absolute atomic E-state index is 0.145. The second-order valence-corrected chi connectivity index (χ2v) is 10.8. The maximum atomic E-state index is 14.1. The average molecular weight is 454 g/mol. The average Bonchev–Trinajstić information content (AvgIpc) is 3.11. The smallest absolute Gasteiger partial charge is 0.309 e. The first kappa shape index (κ1) is 23.3. The molecular formula is C27H32FNO4. The van der Waals surface area contributed by atoms with Crippen molar-refractivity contribution in [3.8, 4) is 11.4 Å². The van der Waals surface area contributed by atoms with Gasteiger partial charge < -0.3 is 19.5 Å². The van der Waals surface area contributed by atoms with Crippen LogP contribution in [0.2, 0.25) is 0 Å². The van der Waals surface area contributed by atoms with Crippen LogP contribution in [-0.2, 0) is 20.5 Å². The zero-order chi connectivity index (χ0) is 24.3. The van der Waals surface area contributed by atoms with Crippen LogP contribution in [0.25, 0.3) is 16.6 Å². The Labute approximate surface area is 193 Å². The number of phenols is 1. The highest BCUT2D eigenvalue weighted by molar-refractivity contribution is 5.94. The van der Waals surface area contributed by atoms with Crippen molar-refractivity contribution < 1.29 is 24.1 Å². The maximum Gasteiger partial charge on any atom is 0.309 e. The van der Waals surface area contributed by atoms with E-state index in [4.69, 9.17) is 4.74 Å². The summed E-state index contributed by atoms with van der Waals surface area (Å²) in [5, 5.41) is 21.3. The van der Waals surface area contributed by atoms with Crippen LogP contribution >= 0.6 is 0 Å². The van der Waals surface area contributed by atoms with Crippen LogP contribution < -0.4 is 0 Å². The number of hydrogen-bond acceptors (Lipinski definition) is 3. The number of ether oxygens (including phenoxy) is 1. The second-order valence-electron chi connectivity index (χ2n) is 10.8. The van der Waals surface area contributed by atoms with Crippen LogP contribution in [0.5, 0.6) is 5.75 Å². The van der Waals surface area contributed by atoms with Crippen molar-refractivity contribution in [1.29, 1.82) is 0 Å². The first-order valence-electron chi connectivity index (χ1n) is 11.3. The number of phenolic OH excluding ortho intramolecular Hbond substituents is 1. The Morgan fingerprint density at radius 1 is 1.21 bits per heavy atom. The van der Waals surface area contributed by atoms with Crippen molar-refractivity contribution >= 4 is 16.9 Å². The number of aromatic nitrogens is 1. The predicted octanol–water partition coefficient (Wildman–Crippen LogP) is 6.20. The molecule has 2 aromatic carbocycles. The highest BCUT2D eigenvalue weighted by Crippen LogP contribution is 2.52. The molecule has 0 saturated heterocycles. The summed E-state index contributed by atoms with van der Waals surface area (Å²) in [6.07, 6.45) is 0.889. The third kappa shape index (κ3) is 3.70. The lowest BCUT2D eigenvalue weighted by molar-refractivity contribution is -0.148. The summed E-state index contributed by atoms with van der Waals surface area (Å²) in [7, 11) is 0.